The predicted octanol–water partition coefficient (Wildman–Crippen LogP) is 7.48. The summed E-state index contributed by atoms with van der Waals surface area (Å²) in [5.41, 5.74) is 2.25. The van der Waals surface area contributed by atoms with Crippen LogP contribution in [0.25, 0.3) is 0 Å². The second-order valence-corrected chi connectivity index (χ2v) is 10.7. The topological polar surface area (TPSA) is 0 Å². The molecule has 2 aliphatic rings. The Morgan fingerprint density at radius 2 is 1.29 bits per heavy atom. The van der Waals surface area contributed by atoms with Gasteiger partial charge in [0.2, 0.25) is 0 Å². The van der Waals surface area contributed by atoms with Gasteiger partial charge in [0, 0.05) is 0 Å². The van der Waals surface area contributed by atoms with Crippen molar-refractivity contribution in [3.8, 4) is 0 Å². The van der Waals surface area contributed by atoms with Gasteiger partial charge < -0.3 is 0 Å². The zero-order chi connectivity index (χ0) is 15.3. The van der Waals surface area contributed by atoms with Crippen LogP contribution in [0.5, 0.6) is 0 Å². The summed E-state index contributed by atoms with van der Waals surface area (Å²) in [6, 6.07) is 0. The number of hydrogen-bond donors (Lipinski definition) is 0. The molecule has 2 fully saturated rings. The SMILES string of the molecule is CCC=CCP(C1CCCCC1)C1CCCCC1.[Cl][Ni][Cl]. The average Bonchev–Trinajstić information content (AvgIpc) is 2.54. The van der Waals surface area contributed by atoms with Crippen molar-refractivity contribution in [2.75, 3.05) is 6.16 Å². The van der Waals surface area contributed by atoms with Crippen LogP contribution in [0.4, 0.5) is 0 Å². The van der Waals surface area contributed by atoms with E-state index < -0.39 is 0 Å². The van der Waals surface area contributed by atoms with Crippen LogP contribution in [0.2, 0.25) is 0 Å². The van der Waals surface area contributed by atoms with E-state index in [1.54, 1.807) is 25.7 Å². The van der Waals surface area contributed by atoms with E-state index in [1.807, 2.05) is 0 Å². The normalized spacial score (nSPS) is 21.7. The van der Waals surface area contributed by atoms with Crippen molar-refractivity contribution in [2.24, 2.45) is 0 Å². The Kier molecular flexibility index (Phi) is 13.2. The molecule has 0 unspecified atom stereocenters. The molecular weight excluding hydrogens is 365 g/mol. The van der Waals surface area contributed by atoms with E-state index in [1.165, 1.54) is 51.1 Å². The summed E-state index contributed by atoms with van der Waals surface area (Å²) in [6.45, 7) is 2.26. The number of halogens is 2. The van der Waals surface area contributed by atoms with Crippen molar-refractivity contribution >= 4 is 28.3 Å². The summed E-state index contributed by atoms with van der Waals surface area (Å²) < 4.78 is 0. The van der Waals surface area contributed by atoms with E-state index in [9.17, 15) is 0 Å². The summed E-state index contributed by atoms with van der Waals surface area (Å²) in [7, 11) is 9.71. The van der Waals surface area contributed by atoms with Crippen LogP contribution in [0.1, 0.15) is 77.6 Å². The summed E-state index contributed by atoms with van der Waals surface area (Å²) in [4.78, 5) is 0. The molecule has 0 aromatic carbocycles. The third-order valence-electron chi connectivity index (χ3n) is 4.81. The quantitative estimate of drug-likeness (QED) is 0.257. The second kappa shape index (κ2) is 13.7. The molecule has 0 atom stereocenters. The molecule has 2 saturated carbocycles. The van der Waals surface area contributed by atoms with Crippen LogP contribution in [0.3, 0.4) is 0 Å². The Labute approximate surface area is 147 Å². The van der Waals surface area contributed by atoms with Gasteiger partial charge in [0.15, 0.2) is 0 Å². The van der Waals surface area contributed by atoms with E-state index in [0.717, 1.165) is 11.3 Å². The second-order valence-electron chi connectivity index (χ2n) is 6.21. The Morgan fingerprint density at radius 1 is 0.857 bits per heavy atom. The summed E-state index contributed by atoms with van der Waals surface area (Å²) in [5, 5.41) is 0. The summed E-state index contributed by atoms with van der Waals surface area (Å²) in [5.74, 6) is 0. The first-order valence-electron chi connectivity index (χ1n) is 8.56. The van der Waals surface area contributed by atoms with Crippen molar-refractivity contribution < 1.29 is 12.7 Å². The van der Waals surface area contributed by atoms with Gasteiger partial charge in [0.1, 0.15) is 0 Å². The molecule has 2 rings (SSSR count). The fraction of sp³-hybridized carbons (Fsp3) is 0.882. The molecule has 2 aliphatic carbocycles. The van der Waals surface area contributed by atoms with Gasteiger partial charge in [-0.1, -0.05) is 65.5 Å². The molecule has 0 spiro atoms. The van der Waals surface area contributed by atoms with Crippen molar-refractivity contribution in [2.45, 2.75) is 88.9 Å². The Balaban J connectivity index is 0.000000677. The molecule has 0 amide bonds. The monoisotopic (exact) mass is 394 g/mol. The molecule has 0 radical (unpaired) electrons. The van der Waals surface area contributed by atoms with E-state index >= 15 is 0 Å². The van der Waals surface area contributed by atoms with Crippen LogP contribution in [0, 0.1) is 0 Å². The molecule has 0 bridgehead atoms. The summed E-state index contributed by atoms with van der Waals surface area (Å²) >= 11 is 0.569. The van der Waals surface area contributed by atoms with Crippen LogP contribution >= 0.6 is 28.3 Å². The molecule has 4 heteroatoms. The average molecular weight is 396 g/mol. The molecule has 0 aromatic rings. The minimum absolute atomic E-state index is 0.305. The predicted molar refractivity (Wildman–Crippen MR) is 96.7 cm³/mol. The maximum atomic E-state index is 4.70. The third-order valence-corrected chi connectivity index (χ3v) is 8.35. The Hall–Kier alpha value is 1.24. The van der Waals surface area contributed by atoms with Gasteiger partial charge in [-0.3, -0.25) is 0 Å². The number of allylic oxidation sites excluding steroid dienone is 2. The molecule has 0 aliphatic heterocycles. The molecule has 0 nitrogen and oxygen atoms in total. The van der Waals surface area contributed by atoms with Gasteiger partial charge in [-0.15, -0.1) is 0 Å². The van der Waals surface area contributed by atoms with Crippen molar-refractivity contribution in [3.63, 3.8) is 0 Å². The molecule has 0 N–H and O–H groups in total. The fourth-order valence-corrected chi connectivity index (χ4v) is 7.43. The van der Waals surface area contributed by atoms with Gasteiger partial charge in [0.25, 0.3) is 0 Å². The van der Waals surface area contributed by atoms with Crippen LogP contribution in [-0.4, -0.2) is 17.5 Å². The Morgan fingerprint density at radius 3 is 1.67 bits per heavy atom. The first kappa shape index (κ1) is 20.3. The molecular formula is C17H31Cl2NiP. The van der Waals surface area contributed by atoms with E-state index in [2.05, 4.69) is 19.1 Å². The van der Waals surface area contributed by atoms with Crippen molar-refractivity contribution in [3.05, 3.63) is 12.2 Å². The first-order chi connectivity index (χ1) is 10.3. The van der Waals surface area contributed by atoms with Crippen molar-refractivity contribution in [1.82, 2.24) is 0 Å². The van der Waals surface area contributed by atoms with Gasteiger partial charge in [-0.05, 0) is 49.6 Å². The first-order valence-corrected chi connectivity index (χ1v) is 12.9. The van der Waals surface area contributed by atoms with Gasteiger partial charge in [-0.25, -0.2) is 0 Å². The van der Waals surface area contributed by atoms with E-state index in [4.69, 9.17) is 20.4 Å². The number of rotatable bonds is 5. The molecule has 21 heavy (non-hydrogen) atoms. The van der Waals surface area contributed by atoms with E-state index in [0.29, 0.717) is 20.6 Å². The molecule has 0 aromatic heterocycles. The standard InChI is InChI=1S/C17H31P.2ClH.Ni/c1-2-3-10-15-18(16-11-6-4-7-12-16)17-13-8-5-9-14-17;;;/h3,10,16-17H,2,4-9,11-15H2,1H3;2*1H;/q;;;+2/p-2. The zero-order valence-electron chi connectivity index (χ0n) is 13.3. The van der Waals surface area contributed by atoms with Gasteiger partial charge in [-0.2, -0.15) is 0 Å². The van der Waals surface area contributed by atoms with E-state index in [-0.39, 0.29) is 0 Å². The molecule has 128 valence electrons. The molecule has 0 saturated heterocycles. The third kappa shape index (κ3) is 8.60. The van der Waals surface area contributed by atoms with Crippen LogP contribution in [-0.2, 0) is 12.7 Å². The zero-order valence-corrected chi connectivity index (χ0v) is 16.7. The van der Waals surface area contributed by atoms with Gasteiger partial charge >= 0.3 is 33.0 Å². The fourth-order valence-electron chi connectivity index (χ4n) is 3.78. The molecule has 0 heterocycles. The number of hydrogen-bond acceptors (Lipinski definition) is 0. The summed E-state index contributed by atoms with van der Waals surface area (Å²) in [6.07, 6.45) is 22.9. The minimum atomic E-state index is 0.305. The van der Waals surface area contributed by atoms with Crippen molar-refractivity contribution in [1.29, 1.82) is 0 Å². The van der Waals surface area contributed by atoms with Gasteiger partial charge in [0.05, 0.1) is 0 Å². The maximum absolute atomic E-state index is 4.70. The van der Waals surface area contributed by atoms with Crippen LogP contribution in [0.15, 0.2) is 12.2 Å². The Bertz CT molecular complexity index is 244. The van der Waals surface area contributed by atoms with Crippen LogP contribution < -0.4 is 0 Å².